The molecule has 0 saturated heterocycles. The van der Waals surface area contributed by atoms with Crippen LogP contribution in [-0.2, 0) is 4.57 Å². The average Bonchev–Trinajstić information content (AvgIpc) is 2.46. The van der Waals surface area contributed by atoms with Crippen LogP contribution in [0, 0.1) is 0 Å². The van der Waals surface area contributed by atoms with Crippen LogP contribution in [0.2, 0.25) is 0 Å². The summed E-state index contributed by atoms with van der Waals surface area (Å²) < 4.78 is 16.9. The van der Waals surface area contributed by atoms with Crippen molar-refractivity contribution in [1.29, 1.82) is 0 Å². The molecular formula is C15H11O6P. The Kier molecular flexibility index (Phi) is 3.37. The molecule has 112 valence electrons. The van der Waals surface area contributed by atoms with Crippen LogP contribution in [0.5, 0.6) is 5.75 Å². The molecule has 1 heterocycles. The Hall–Kier alpha value is -2.40. The predicted octanol–water partition coefficient (Wildman–Crippen LogP) is 1.97. The van der Waals surface area contributed by atoms with Crippen molar-refractivity contribution < 1.29 is 23.9 Å². The van der Waals surface area contributed by atoms with Gasteiger partial charge in [-0.3, -0.25) is 9.36 Å². The number of rotatable bonds is 2. The van der Waals surface area contributed by atoms with E-state index in [2.05, 4.69) is 0 Å². The molecule has 0 fully saturated rings. The standard InChI is InChI=1S/C15H11O6P/c16-11-6-10(22(18,19)20)7-14-15(11)12(17)8-13(21-14)9-4-2-1-3-5-9/h1-8,16H,(H2,18,19,20). The lowest BCUT2D eigenvalue weighted by molar-refractivity contribution is 0.387. The summed E-state index contributed by atoms with van der Waals surface area (Å²) in [6.07, 6.45) is 0. The molecule has 0 spiro atoms. The molecule has 3 rings (SSSR count). The van der Waals surface area contributed by atoms with E-state index in [9.17, 15) is 24.3 Å². The molecule has 1 aromatic heterocycles. The third-order valence-electron chi connectivity index (χ3n) is 3.19. The maximum atomic E-state index is 12.1. The summed E-state index contributed by atoms with van der Waals surface area (Å²) in [5.74, 6) is -0.274. The van der Waals surface area contributed by atoms with Crippen molar-refractivity contribution in [3.8, 4) is 17.1 Å². The van der Waals surface area contributed by atoms with E-state index < -0.39 is 24.1 Å². The molecular weight excluding hydrogens is 307 g/mol. The summed E-state index contributed by atoms with van der Waals surface area (Å²) in [6, 6.07) is 12.0. The number of phenols is 1. The maximum absolute atomic E-state index is 12.1. The van der Waals surface area contributed by atoms with Crippen LogP contribution in [0.1, 0.15) is 0 Å². The van der Waals surface area contributed by atoms with E-state index in [0.29, 0.717) is 5.56 Å². The van der Waals surface area contributed by atoms with Gasteiger partial charge in [-0.25, -0.2) is 0 Å². The monoisotopic (exact) mass is 318 g/mol. The third-order valence-corrected chi connectivity index (χ3v) is 4.12. The van der Waals surface area contributed by atoms with Crippen molar-refractivity contribution in [2.24, 2.45) is 0 Å². The van der Waals surface area contributed by atoms with E-state index in [4.69, 9.17) is 4.42 Å². The van der Waals surface area contributed by atoms with E-state index in [-0.39, 0.29) is 16.7 Å². The van der Waals surface area contributed by atoms with E-state index in [0.717, 1.165) is 12.1 Å². The van der Waals surface area contributed by atoms with Crippen LogP contribution >= 0.6 is 7.60 Å². The Morgan fingerprint density at radius 1 is 1.00 bits per heavy atom. The van der Waals surface area contributed by atoms with Crippen molar-refractivity contribution in [1.82, 2.24) is 0 Å². The van der Waals surface area contributed by atoms with Gasteiger partial charge in [-0.05, 0) is 12.1 Å². The SMILES string of the molecule is O=c1cc(-c2ccccc2)oc2cc(P(=O)(O)O)cc(O)c12. The number of phenolic OH excluding ortho intramolecular Hbond substituents is 1. The van der Waals surface area contributed by atoms with Gasteiger partial charge in [0.2, 0.25) is 0 Å². The van der Waals surface area contributed by atoms with Gasteiger partial charge in [-0.15, -0.1) is 0 Å². The van der Waals surface area contributed by atoms with Gasteiger partial charge in [0, 0.05) is 11.6 Å². The topological polar surface area (TPSA) is 108 Å². The van der Waals surface area contributed by atoms with Gasteiger partial charge in [0.25, 0.3) is 0 Å². The van der Waals surface area contributed by atoms with Crippen LogP contribution in [-0.4, -0.2) is 14.9 Å². The number of benzene rings is 2. The van der Waals surface area contributed by atoms with Gasteiger partial charge >= 0.3 is 7.60 Å². The molecule has 7 heteroatoms. The summed E-state index contributed by atoms with van der Waals surface area (Å²) in [6.45, 7) is 0. The smallest absolute Gasteiger partial charge is 0.356 e. The fourth-order valence-corrected chi connectivity index (χ4v) is 2.74. The van der Waals surface area contributed by atoms with Crippen molar-refractivity contribution in [3.63, 3.8) is 0 Å². The van der Waals surface area contributed by atoms with Crippen LogP contribution in [0.4, 0.5) is 0 Å². The molecule has 0 unspecified atom stereocenters. The highest BCUT2D eigenvalue weighted by molar-refractivity contribution is 7.60. The third kappa shape index (κ3) is 2.55. The summed E-state index contributed by atoms with van der Waals surface area (Å²) in [4.78, 5) is 30.6. The van der Waals surface area contributed by atoms with Gasteiger partial charge in [0.1, 0.15) is 22.5 Å². The molecule has 2 aromatic carbocycles. The average molecular weight is 318 g/mol. The second-order valence-corrected chi connectivity index (χ2v) is 6.33. The fraction of sp³-hybridized carbons (Fsp3) is 0. The quantitative estimate of drug-likeness (QED) is 0.623. The lowest BCUT2D eigenvalue weighted by atomic mass is 10.1. The minimum absolute atomic E-state index is 0.0790. The van der Waals surface area contributed by atoms with E-state index in [1.165, 1.54) is 6.07 Å². The zero-order valence-corrected chi connectivity index (χ0v) is 12.0. The summed E-state index contributed by atoms with van der Waals surface area (Å²) in [5.41, 5.74) is 0.0714. The molecule has 0 radical (unpaired) electrons. The van der Waals surface area contributed by atoms with Gasteiger partial charge in [0.05, 0.1) is 5.30 Å². The lowest BCUT2D eigenvalue weighted by Gasteiger charge is -2.08. The van der Waals surface area contributed by atoms with Crippen LogP contribution < -0.4 is 10.7 Å². The molecule has 6 nitrogen and oxygen atoms in total. The highest BCUT2D eigenvalue weighted by Crippen LogP contribution is 2.36. The highest BCUT2D eigenvalue weighted by Gasteiger charge is 2.21. The van der Waals surface area contributed by atoms with Crippen molar-refractivity contribution in [2.45, 2.75) is 0 Å². The second-order valence-electron chi connectivity index (χ2n) is 4.72. The molecule has 0 aliphatic heterocycles. The summed E-state index contributed by atoms with van der Waals surface area (Å²) in [7, 11) is -4.57. The molecule has 3 aromatic rings. The Bertz CT molecular complexity index is 955. The number of aromatic hydroxyl groups is 1. The maximum Gasteiger partial charge on any atom is 0.356 e. The highest BCUT2D eigenvalue weighted by atomic mass is 31.2. The van der Waals surface area contributed by atoms with E-state index in [1.807, 2.05) is 0 Å². The van der Waals surface area contributed by atoms with Crippen molar-refractivity contribution in [2.75, 3.05) is 0 Å². The van der Waals surface area contributed by atoms with E-state index >= 15 is 0 Å². The molecule has 3 N–H and O–H groups in total. The molecule has 0 saturated carbocycles. The van der Waals surface area contributed by atoms with Gasteiger partial charge in [-0.1, -0.05) is 30.3 Å². The summed E-state index contributed by atoms with van der Waals surface area (Å²) >= 11 is 0. The second kappa shape index (κ2) is 5.10. The number of hydrogen-bond acceptors (Lipinski definition) is 4. The Balaban J connectivity index is 2.33. The predicted molar refractivity (Wildman–Crippen MR) is 81.3 cm³/mol. The minimum Gasteiger partial charge on any atom is -0.507 e. The fourth-order valence-electron chi connectivity index (χ4n) is 2.17. The largest absolute Gasteiger partial charge is 0.507 e. The lowest BCUT2D eigenvalue weighted by Crippen LogP contribution is -2.07. The Labute approximate surface area is 124 Å². The van der Waals surface area contributed by atoms with Gasteiger partial charge < -0.3 is 19.3 Å². The van der Waals surface area contributed by atoms with Crippen molar-refractivity contribution in [3.05, 3.63) is 58.8 Å². The number of fused-ring (bicyclic) bond motifs is 1. The molecule has 22 heavy (non-hydrogen) atoms. The Morgan fingerprint density at radius 2 is 1.68 bits per heavy atom. The Morgan fingerprint density at radius 3 is 2.32 bits per heavy atom. The zero-order valence-electron chi connectivity index (χ0n) is 11.1. The summed E-state index contributed by atoms with van der Waals surface area (Å²) in [5, 5.41) is 9.33. The van der Waals surface area contributed by atoms with Crippen LogP contribution in [0.15, 0.2) is 57.7 Å². The van der Waals surface area contributed by atoms with Crippen molar-refractivity contribution >= 4 is 23.9 Å². The molecule has 0 atom stereocenters. The van der Waals surface area contributed by atoms with Crippen LogP contribution in [0.3, 0.4) is 0 Å². The number of hydrogen-bond donors (Lipinski definition) is 3. The normalized spacial score (nSPS) is 11.7. The first-order chi connectivity index (χ1) is 10.4. The first-order valence-corrected chi connectivity index (χ1v) is 7.90. The minimum atomic E-state index is -4.57. The zero-order chi connectivity index (χ0) is 15.9. The molecule has 0 bridgehead atoms. The molecule has 0 aliphatic carbocycles. The molecule has 0 aliphatic rings. The van der Waals surface area contributed by atoms with Gasteiger partial charge in [-0.2, -0.15) is 0 Å². The van der Waals surface area contributed by atoms with E-state index in [1.54, 1.807) is 30.3 Å². The first kappa shape index (κ1) is 14.5. The molecule has 0 amide bonds. The van der Waals surface area contributed by atoms with Crippen LogP contribution in [0.25, 0.3) is 22.3 Å². The first-order valence-electron chi connectivity index (χ1n) is 6.28. The van der Waals surface area contributed by atoms with Gasteiger partial charge in [0.15, 0.2) is 5.43 Å².